The van der Waals surface area contributed by atoms with Crippen LogP contribution < -0.4 is 9.80 Å². The van der Waals surface area contributed by atoms with Crippen LogP contribution in [0.25, 0.3) is 88.3 Å². The van der Waals surface area contributed by atoms with Crippen LogP contribution >= 0.6 is 0 Å². The van der Waals surface area contributed by atoms with Crippen LogP contribution in [0.3, 0.4) is 0 Å². The maximum Gasteiger partial charge on any atom is 0.0528 e. The lowest BCUT2D eigenvalue weighted by Gasteiger charge is -2.29. The van der Waals surface area contributed by atoms with Gasteiger partial charge >= 0.3 is 0 Å². The van der Waals surface area contributed by atoms with Crippen LogP contribution in [-0.4, -0.2) is 11.1 Å². The Morgan fingerprint density at radius 3 is 0.946 bits per heavy atom. The average molecular weight is 949 g/mol. The van der Waals surface area contributed by atoms with Crippen molar-refractivity contribution in [3.8, 4) is 66.8 Å². The molecule has 0 radical (unpaired) electrons. The Bertz CT molecular complexity index is 3790. The van der Waals surface area contributed by atoms with Crippen LogP contribution in [-0.2, 0) is 10.8 Å². The molecule has 11 aromatic rings. The second kappa shape index (κ2) is 15.5. The molecule has 11 aromatic carbocycles. The number of anilines is 4. The molecule has 0 N–H and O–H groups in total. The van der Waals surface area contributed by atoms with Crippen LogP contribution in [0.4, 0.5) is 22.7 Å². The van der Waals surface area contributed by atoms with E-state index >= 15 is 0 Å². The van der Waals surface area contributed by atoms with E-state index in [4.69, 9.17) is 0 Å². The lowest BCUT2D eigenvalue weighted by atomic mass is 9.83. The number of benzene rings is 11. The summed E-state index contributed by atoms with van der Waals surface area (Å²) < 4.78 is 0. The first kappa shape index (κ1) is 43.2. The van der Waals surface area contributed by atoms with Crippen LogP contribution in [0.2, 0.25) is 0 Å². The number of nitrogens with zero attached hydrogens (tertiary/aromatic N) is 2. The summed E-state index contributed by atoms with van der Waals surface area (Å²) in [5, 5.41) is 5.01. The molecule has 2 fully saturated rings. The molecular weight excluding hydrogens is 893 g/mol. The number of hydrogen-bond donors (Lipinski definition) is 0. The predicted octanol–water partition coefficient (Wildman–Crippen LogP) is 19.1. The van der Waals surface area contributed by atoms with Gasteiger partial charge in [-0.05, 0) is 187 Å². The lowest BCUT2D eigenvalue weighted by Crippen LogP contribution is -2.30. The molecule has 354 valence electrons. The third-order valence-electron chi connectivity index (χ3n) is 18.5. The van der Waals surface area contributed by atoms with E-state index in [1.807, 2.05) is 0 Å². The molecule has 4 atom stereocenters. The highest BCUT2D eigenvalue weighted by molar-refractivity contribution is 6.22. The Hall–Kier alpha value is -8.46. The van der Waals surface area contributed by atoms with E-state index in [2.05, 4.69) is 280 Å². The van der Waals surface area contributed by atoms with E-state index < -0.39 is 0 Å². The second-order valence-corrected chi connectivity index (χ2v) is 22.5. The summed E-state index contributed by atoms with van der Waals surface area (Å²) >= 11 is 0. The van der Waals surface area contributed by atoms with Crippen molar-refractivity contribution in [1.82, 2.24) is 0 Å². The molecule has 2 heterocycles. The minimum absolute atomic E-state index is 0.0548. The molecule has 0 aromatic heterocycles. The summed E-state index contributed by atoms with van der Waals surface area (Å²) in [7, 11) is 0. The maximum absolute atomic E-state index is 2.60. The molecule has 4 unspecified atom stereocenters. The molecule has 74 heavy (non-hydrogen) atoms. The summed E-state index contributed by atoms with van der Waals surface area (Å²) in [6, 6.07) is 91.2. The number of para-hydroxylation sites is 2. The molecule has 2 aliphatic carbocycles. The Labute approximate surface area is 434 Å². The van der Waals surface area contributed by atoms with Gasteiger partial charge in [0.2, 0.25) is 0 Å². The molecule has 0 bridgehead atoms. The zero-order valence-corrected chi connectivity index (χ0v) is 42.4. The SMILES string of the molecule is CC12CC1(C)N(c1ccccc1)c1ccc(-c3ccc4c(-c5ccc(-c6ccccc6)cc5)c5cc(-c6ccc7c(c6)C6(C)CC6(C)N7c6ccccc6)ccc5c(-c5ccc(-c6ccccc6)cc5)c4c3)cc12. The van der Waals surface area contributed by atoms with Crippen LogP contribution in [0.5, 0.6) is 0 Å². The van der Waals surface area contributed by atoms with E-state index in [0.717, 1.165) is 12.8 Å². The first-order valence-electron chi connectivity index (χ1n) is 26.5. The highest BCUT2D eigenvalue weighted by atomic mass is 15.3. The molecule has 2 saturated carbocycles. The fraction of sp³-hybridized carbons (Fsp3) is 0.139. The summed E-state index contributed by atoms with van der Waals surface area (Å²) in [5.41, 5.74) is 23.2. The summed E-state index contributed by atoms with van der Waals surface area (Å²) in [6.07, 6.45) is 2.28. The quantitative estimate of drug-likeness (QED) is 0.140. The topological polar surface area (TPSA) is 6.48 Å². The van der Waals surface area contributed by atoms with E-state index in [0.29, 0.717) is 0 Å². The van der Waals surface area contributed by atoms with Gasteiger partial charge < -0.3 is 9.80 Å². The lowest BCUT2D eigenvalue weighted by molar-refractivity contribution is 0.639. The molecule has 4 aliphatic rings. The molecule has 0 spiro atoms. The summed E-state index contributed by atoms with van der Waals surface area (Å²) in [6.45, 7) is 9.83. The van der Waals surface area contributed by atoms with E-state index in [1.54, 1.807) is 0 Å². The number of hydrogen-bond acceptors (Lipinski definition) is 2. The van der Waals surface area contributed by atoms with Crippen molar-refractivity contribution in [3.05, 3.63) is 254 Å². The highest BCUT2D eigenvalue weighted by Gasteiger charge is 2.71. The Morgan fingerprint density at radius 1 is 0.270 bits per heavy atom. The van der Waals surface area contributed by atoms with E-state index in [9.17, 15) is 0 Å². The molecule has 2 nitrogen and oxygen atoms in total. The molecule has 2 aliphatic heterocycles. The van der Waals surface area contributed by atoms with Crippen molar-refractivity contribution in [3.63, 3.8) is 0 Å². The fourth-order valence-corrected chi connectivity index (χ4v) is 14.1. The average Bonchev–Trinajstić information content (AvgIpc) is 4.34. The van der Waals surface area contributed by atoms with Crippen molar-refractivity contribution in [2.45, 2.75) is 62.4 Å². The van der Waals surface area contributed by atoms with Gasteiger partial charge in [0.25, 0.3) is 0 Å². The van der Waals surface area contributed by atoms with Gasteiger partial charge in [-0.15, -0.1) is 0 Å². The van der Waals surface area contributed by atoms with Crippen molar-refractivity contribution in [2.24, 2.45) is 0 Å². The van der Waals surface area contributed by atoms with Gasteiger partial charge in [0, 0.05) is 33.6 Å². The van der Waals surface area contributed by atoms with Gasteiger partial charge in [-0.25, -0.2) is 0 Å². The van der Waals surface area contributed by atoms with Gasteiger partial charge in [0.1, 0.15) is 0 Å². The first-order valence-corrected chi connectivity index (χ1v) is 26.5. The minimum atomic E-state index is 0.0548. The Kier molecular flexibility index (Phi) is 9.05. The van der Waals surface area contributed by atoms with E-state index in [-0.39, 0.29) is 21.9 Å². The minimum Gasteiger partial charge on any atom is -0.334 e. The summed E-state index contributed by atoms with van der Waals surface area (Å²) in [5.74, 6) is 0. The Morgan fingerprint density at radius 2 is 0.568 bits per heavy atom. The zero-order chi connectivity index (χ0) is 49.6. The van der Waals surface area contributed by atoms with Crippen LogP contribution in [0, 0.1) is 0 Å². The van der Waals surface area contributed by atoms with Crippen molar-refractivity contribution >= 4 is 44.3 Å². The highest BCUT2D eigenvalue weighted by Crippen LogP contribution is 2.72. The van der Waals surface area contributed by atoms with Crippen molar-refractivity contribution in [2.75, 3.05) is 9.80 Å². The standard InChI is InChI=1S/C72H56N2/c1-69-45-71(69,3)73(57-21-13-7-14-22-57)65-39-35-55(43-63(65)69)53-33-37-59-61(41-53)67(51-29-25-49(26-30-51)47-17-9-5-10-18-47)60-38-34-54(42-62(60)68(59)52-31-27-50(28-32-52)48-19-11-6-12-20-48)56-36-40-66-64(44-56)70(2)46-72(70,4)74(66)58-23-15-8-16-24-58/h5-44H,45-46H2,1-4H3. The summed E-state index contributed by atoms with van der Waals surface area (Å²) in [4.78, 5) is 5.20. The van der Waals surface area contributed by atoms with Gasteiger partial charge in [0.15, 0.2) is 0 Å². The first-order chi connectivity index (χ1) is 36.1. The van der Waals surface area contributed by atoms with Gasteiger partial charge in [-0.3, -0.25) is 0 Å². The van der Waals surface area contributed by atoms with E-state index in [1.165, 1.54) is 122 Å². The van der Waals surface area contributed by atoms with Crippen molar-refractivity contribution < 1.29 is 0 Å². The Balaban J connectivity index is 0.946. The largest absolute Gasteiger partial charge is 0.334 e. The molecule has 0 saturated heterocycles. The third-order valence-corrected chi connectivity index (χ3v) is 18.5. The zero-order valence-electron chi connectivity index (χ0n) is 42.4. The van der Waals surface area contributed by atoms with Gasteiger partial charge in [-0.1, -0.05) is 196 Å². The molecular formula is C72H56N2. The van der Waals surface area contributed by atoms with Crippen LogP contribution in [0.15, 0.2) is 243 Å². The monoisotopic (exact) mass is 948 g/mol. The number of fused-ring (bicyclic) bond motifs is 8. The molecule has 2 heteroatoms. The van der Waals surface area contributed by atoms with Crippen LogP contribution in [0.1, 0.15) is 51.7 Å². The second-order valence-electron chi connectivity index (χ2n) is 22.5. The molecule has 15 rings (SSSR count). The third kappa shape index (κ3) is 6.12. The van der Waals surface area contributed by atoms with Gasteiger partial charge in [0.05, 0.1) is 11.1 Å². The van der Waals surface area contributed by atoms with Gasteiger partial charge in [-0.2, -0.15) is 0 Å². The fourth-order valence-electron chi connectivity index (χ4n) is 14.1. The smallest absolute Gasteiger partial charge is 0.0528 e. The molecule has 0 amide bonds. The number of rotatable bonds is 8. The maximum atomic E-state index is 2.60. The predicted molar refractivity (Wildman–Crippen MR) is 312 cm³/mol. The normalized spacial score (nSPS) is 21.8. The van der Waals surface area contributed by atoms with Crippen molar-refractivity contribution in [1.29, 1.82) is 0 Å².